The second-order valence-corrected chi connectivity index (χ2v) is 7.26. The molecule has 31 heavy (non-hydrogen) atoms. The monoisotopic (exact) mass is 416 g/mol. The minimum Gasteiger partial charge on any atom is -0.313 e. The number of aryl methyl sites for hydroxylation is 1. The summed E-state index contributed by atoms with van der Waals surface area (Å²) in [6.07, 6.45) is 0. The first kappa shape index (κ1) is 20.3. The van der Waals surface area contributed by atoms with Gasteiger partial charge in [-0.2, -0.15) is 0 Å². The molecule has 2 N–H and O–H groups in total. The lowest BCUT2D eigenvalue weighted by Gasteiger charge is -2.23. The number of benzene rings is 3. The lowest BCUT2D eigenvalue weighted by Crippen LogP contribution is -2.35. The summed E-state index contributed by atoms with van der Waals surface area (Å²) in [6, 6.07) is 20.1. The topological polar surface area (TPSA) is 78.1 Å². The van der Waals surface area contributed by atoms with Crippen molar-refractivity contribution in [3.8, 4) is 0 Å². The standard InChI is InChI=1S/C24H21FN4O2/c1-16-6-2-4-8-20(16)27-24(31)29(14-17-10-12-18(25)13-11-17)15-22-26-21-9-5-3-7-19(21)23(30)28-22/h2-13H,14-15H2,1H3,(H,27,31)(H,26,28,30). The van der Waals surface area contributed by atoms with E-state index in [0.717, 1.165) is 11.1 Å². The fourth-order valence-corrected chi connectivity index (χ4v) is 3.31. The van der Waals surface area contributed by atoms with E-state index in [1.54, 1.807) is 36.4 Å². The molecular formula is C24H21FN4O2. The predicted octanol–water partition coefficient (Wildman–Crippen LogP) is 4.60. The fourth-order valence-electron chi connectivity index (χ4n) is 3.31. The van der Waals surface area contributed by atoms with Gasteiger partial charge in [-0.1, -0.05) is 42.5 Å². The van der Waals surface area contributed by atoms with Gasteiger partial charge in [0.15, 0.2) is 0 Å². The van der Waals surface area contributed by atoms with Crippen LogP contribution < -0.4 is 10.9 Å². The van der Waals surface area contributed by atoms with Crippen LogP contribution in [0.3, 0.4) is 0 Å². The van der Waals surface area contributed by atoms with Crippen LogP contribution in [0, 0.1) is 12.7 Å². The van der Waals surface area contributed by atoms with Gasteiger partial charge in [-0.05, 0) is 48.4 Å². The molecule has 0 fully saturated rings. The van der Waals surface area contributed by atoms with E-state index in [9.17, 15) is 14.0 Å². The Labute approximate surface area is 178 Å². The number of fused-ring (bicyclic) bond motifs is 1. The van der Waals surface area contributed by atoms with Crippen molar-refractivity contribution in [1.29, 1.82) is 0 Å². The highest BCUT2D eigenvalue weighted by Crippen LogP contribution is 2.16. The third-order valence-corrected chi connectivity index (χ3v) is 4.96. The number of para-hydroxylation sites is 2. The number of carbonyl (C=O) groups is 1. The molecule has 6 nitrogen and oxygen atoms in total. The van der Waals surface area contributed by atoms with Gasteiger partial charge < -0.3 is 15.2 Å². The van der Waals surface area contributed by atoms with E-state index in [2.05, 4.69) is 15.3 Å². The summed E-state index contributed by atoms with van der Waals surface area (Å²) in [6.45, 7) is 2.20. The van der Waals surface area contributed by atoms with Crippen LogP contribution in [0.1, 0.15) is 17.0 Å². The predicted molar refractivity (Wildman–Crippen MR) is 118 cm³/mol. The van der Waals surface area contributed by atoms with Crippen molar-refractivity contribution in [3.05, 3.63) is 106 Å². The molecule has 0 saturated carbocycles. The highest BCUT2D eigenvalue weighted by atomic mass is 19.1. The first-order valence-electron chi connectivity index (χ1n) is 9.83. The SMILES string of the molecule is Cc1ccccc1NC(=O)N(Cc1ccc(F)cc1)Cc1nc2ccccc2c(=O)[nH]1. The van der Waals surface area contributed by atoms with Gasteiger partial charge >= 0.3 is 6.03 Å². The van der Waals surface area contributed by atoms with Crippen molar-refractivity contribution < 1.29 is 9.18 Å². The Morgan fingerprint density at radius 2 is 1.71 bits per heavy atom. The second-order valence-electron chi connectivity index (χ2n) is 7.26. The molecule has 1 heterocycles. The number of urea groups is 1. The number of hydrogen-bond acceptors (Lipinski definition) is 3. The molecular weight excluding hydrogens is 395 g/mol. The van der Waals surface area contributed by atoms with Crippen LogP contribution in [0.25, 0.3) is 10.9 Å². The molecule has 0 bridgehead atoms. The van der Waals surface area contributed by atoms with Crippen LogP contribution in [-0.2, 0) is 13.1 Å². The van der Waals surface area contributed by atoms with Crippen LogP contribution in [0.2, 0.25) is 0 Å². The number of H-pyrrole nitrogens is 1. The minimum absolute atomic E-state index is 0.0785. The number of carbonyl (C=O) groups excluding carboxylic acids is 1. The molecule has 4 rings (SSSR count). The van der Waals surface area contributed by atoms with Gasteiger partial charge in [0.1, 0.15) is 11.6 Å². The molecule has 2 amide bonds. The first-order valence-corrected chi connectivity index (χ1v) is 9.83. The summed E-state index contributed by atoms with van der Waals surface area (Å²) in [5, 5.41) is 3.39. The van der Waals surface area contributed by atoms with Crippen molar-refractivity contribution in [2.45, 2.75) is 20.0 Å². The molecule has 7 heteroatoms. The highest BCUT2D eigenvalue weighted by molar-refractivity contribution is 5.90. The van der Waals surface area contributed by atoms with Crippen molar-refractivity contribution in [3.63, 3.8) is 0 Å². The quantitative estimate of drug-likeness (QED) is 0.499. The number of nitrogens with one attached hydrogen (secondary N) is 2. The molecule has 0 atom stereocenters. The Bertz CT molecular complexity index is 1280. The van der Waals surface area contributed by atoms with Crippen molar-refractivity contribution in [1.82, 2.24) is 14.9 Å². The van der Waals surface area contributed by atoms with Crippen molar-refractivity contribution >= 4 is 22.6 Å². The fraction of sp³-hybridized carbons (Fsp3) is 0.125. The van der Waals surface area contributed by atoms with Crippen LogP contribution in [0.15, 0.2) is 77.6 Å². The lowest BCUT2D eigenvalue weighted by atomic mass is 10.2. The summed E-state index contributed by atoms with van der Waals surface area (Å²) in [5.41, 5.74) is 2.67. The maximum Gasteiger partial charge on any atom is 0.322 e. The molecule has 3 aromatic carbocycles. The number of nitrogens with zero attached hydrogens (tertiary/aromatic N) is 2. The Morgan fingerprint density at radius 1 is 1.00 bits per heavy atom. The lowest BCUT2D eigenvalue weighted by molar-refractivity contribution is 0.205. The van der Waals surface area contributed by atoms with Gasteiger partial charge in [0.2, 0.25) is 0 Å². The summed E-state index contributed by atoms with van der Waals surface area (Å²) in [7, 11) is 0. The maximum absolute atomic E-state index is 13.3. The van der Waals surface area contributed by atoms with Crippen molar-refractivity contribution in [2.24, 2.45) is 0 Å². The van der Waals surface area contributed by atoms with Crippen LogP contribution >= 0.6 is 0 Å². The molecule has 0 unspecified atom stereocenters. The maximum atomic E-state index is 13.3. The van der Waals surface area contributed by atoms with E-state index in [1.807, 2.05) is 31.2 Å². The van der Waals surface area contributed by atoms with E-state index in [-0.39, 0.29) is 30.5 Å². The molecule has 0 saturated heterocycles. The molecule has 0 radical (unpaired) electrons. The molecule has 0 aliphatic heterocycles. The number of halogens is 1. The number of rotatable bonds is 5. The van der Waals surface area contributed by atoms with E-state index >= 15 is 0 Å². The average molecular weight is 416 g/mol. The first-order chi connectivity index (χ1) is 15.0. The number of aromatic amines is 1. The van der Waals surface area contributed by atoms with Crippen LogP contribution in [0.4, 0.5) is 14.9 Å². The molecule has 0 spiro atoms. The van der Waals surface area contributed by atoms with Crippen LogP contribution in [0.5, 0.6) is 0 Å². The summed E-state index contributed by atoms with van der Waals surface area (Å²) < 4.78 is 13.3. The number of anilines is 1. The number of amides is 2. The van der Waals surface area contributed by atoms with E-state index < -0.39 is 0 Å². The van der Waals surface area contributed by atoms with E-state index in [1.165, 1.54) is 17.0 Å². The summed E-state index contributed by atoms with van der Waals surface area (Å²) in [4.78, 5) is 34.3. The van der Waals surface area contributed by atoms with Gasteiger partial charge in [0, 0.05) is 12.2 Å². The highest BCUT2D eigenvalue weighted by Gasteiger charge is 2.17. The van der Waals surface area contributed by atoms with Gasteiger partial charge in [-0.3, -0.25) is 4.79 Å². The summed E-state index contributed by atoms with van der Waals surface area (Å²) in [5.74, 6) is 0.0194. The average Bonchev–Trinajstić information content (AvgIpc) is 2.76. The molecule has 0 aliphatic rings. The smallest absolute Gasteiger partial charge is 0.313 e. The zero-order chi connectivity index (χ0) is 21.8. The normalized spacial score (nSPS) is 10.8. The van der Waals surface area contributed by atoms with Gasteiger partial charge in [0.25, 0.3) is 5.56 Å². The second kappa shape index (κ2) is 8.79. The van der Waals surface area contributed by atoms with Gasteiger partial charge in [0.05, 0.1) is 17.4 Å². The molecule has 1 aromatic heterocycles. The van der Waals surface area contributed by atoms with Crippen molar-refractivity contribution in [2.75, 3.05) is 5.32 Å². The Hall–Kier alpha value is -4.00. The molecule has 4 aromatic rings. The Kier molecular flexibility index (Phi) is 5.75. The number of hydrogen-bond donors (Lipinski definition) is 2. The molecule has 0 aliphatic carbocycles. The summed E-state index contributed by atoms with van der Waals surface area (Å²) >= 11 is 0. The molecule has 156 valence electrons. The Balaban J connectivity index is 1.64. The minimum atomic E-state index is -0.352. The van der Waals surface area contributed by atoms with E-state index in [0.29, 0.717) is 22.4 Å². The zero-order valence-electron chi connectivity index (χ0n) is 16.9. The third kappa shape index (κ3) is 4.78. The third-order valence-electron chi connectivity index (χ3n) is 4.96. The van der Waals surface area contributed by atoms with Gasteiger partial charge in [-0.25, -0.2) is 14.2 Å². The zero-order valence-corrected chi connectivity index (χ0v) is 16.9. The van der Waals surface area contributed by atoms with Gasteiger partial charge in [-0.15, -0.1) is 0 Å². The number of aromatic nitrogens is 2. The van der Waals surface area contributed by atoms with E-state index in [4.69, 9.17) is 0 Å². The largest absolute Gasteiger partial charge is 0.322 e. The van der Waals surface area contributed by atoms with Crippen LogP contribution in [-0.4, -0.2) is 20.9 Å². The Morgan fingerprint density at radius 3 is 2.48 bits per heavy atom.